The molecule has 2 amide bonds. The molecule has 1 heterocycles. The van der Waals surface area contributed by atoms with E-state index in [0.29, 0.717) is 5.69 Å². The predicted molar refractivity (Wildman–Crippen MR) is 117 cm³/mol. The van der Waals surface area contributed by atoms with Gasteiger partial charge >= 0.3 is 6.18 Å². The standard InChI is InChI=1S/C22H21F3N6O2/c1-11-6-12(2)8-15(7-11)29-20-16(18(26)32)10-28-21(31-20)30-17(19(27)33)13-4-3-5-14(9-13)22(23,24)25/h3-10,17H,1-2H3,(H2,26,32)(H2,27,33)(H2,28,29,30,31)/t17-/m1/s1. The number of primary amides is 2. The molecule has 0 saturated carbocycles. The van der Waals surface area contributed by atoms with Crippen LogP contribution in [0.1, 0.15) is 38.7 Å². The molecule has 0 radical (unpaired) electrons. The minimum atomic E-state index is -4.60. The van der Waals surface area contributed by atoms with Crippen LogP contribution in [-0.4, -0.2) is 21.8 Å². The zero-order valence-electron chi connectivity index (χ0n) is 17.7. The molecular weight excluding hydrogens is 437 g/mol. The lowest BCUT2D eigenvalue weighted by Crippen LogP contribution is -2.29. The summed E-state index contributed by atoms with van der Waals surface area (Å²) in [4.78, 5) is 32.0. The monoisotopic (exact) mass is 458 g/mol. The number of hydrogen-bond acceptors (Lipinski definition) is 6. The van der Waals surface area contributed by atoms with Crippen LogP contribution in [-0.2, 0) is 11.0 Å². The second-order valence-corrected chi connectivity index (χ2v) is 7.42. The number of halogens is 3. The molecule has 0 aliphatic rings. The van der Waals surface area contributed by atoms with Crippen LogP contribution < -0.4 is 22.1 Å². The summed E-state index contributed by atoms with van der Waals surface area (Å²) < 4.78 is 39.2. The van der Waals surface area contributed by atoms with Crippen LogP contribution in [0.15, 0.2) is 48.7 Å². The maximum absolute atomic E-state index is 13.1. The van der Waals surface area contributed by atoms with Gasteiger partial charge in [0.25, 0.3) is 5.91 Å². The molecule has 3 rings (SSSR count). The number of carbonyl (C=O) groups is 2. The maximum atomic E-state index is 13.1. The van der Waals surface area contributed by atoms with Gasteiger partial charge in [-0.1, -0.05) is 18.2 Å². The van der Waals surface area contributed by atoms with Crippen molar-refractivity contribution in [1.82, 2.24) is 9.97 Å². The minimum Gasteiger partial charge on any atom is -0.368 e. The van der Waals surface area contributed by atoms with Gasteiger partial charge in [-0.05, 0) is 54.8 Å². The lowest BCUT2D eigenvalue weighted by Gasteiger charge is -2.18. The second-order valence-electron chi connectivity index (χ2n) is 7.42. The molecule has 1 aromatic heterocycles. The fourth-order valence-corrected chi connectivity index (χ4v) is 3.25. The summed E-state index contributed by atoms with van der Waals surface area (Å²) in [6.45, 7) is 3.79. The molecule has 0 fully saturated rings. The lowest BCUT2D eigenvalue weighted by molar-refractivity contribution is -0.137. The number of amides is 2. The molecule has 33 heavy (non-hydrogen) atoms. The molecule has 0 bridgehead atoms. The number of alkyl halides is 3. The largest absolute Gasteiger partial charge is 0.416 e. The molecule has 2 aromatic carbocycles. The smallest absolute Gasteiger partial charge is 0.368 e. The molecule has 0 aliphatic heterocycles. The number of nitrogens with two attached hydrogens (primary N) is 2. The van der Waals surface area contributed by atoms with Crippen molar-refractivity contribution < 1.29 is 22.8 Å². The van der Waals surface area contributed by atoms with Gasteiger partial charge in [-0.3, -0.25) is 9.59 Å². The van der Waals surface area contributed by atoms with E-state index < -0.39 is 29.6 Å². The second kappa shape index (κ2) is 9.15. The van der Waals surface area contributed by atoms with Crippen molar-refractivity contribution >= 4 is 29.3 Å². The van der Waals surface area contributed by atoms with E-state index in [1.807, 2.05) is 32.0 Å². The van der Waals surface area contributed by atoms with Crippen molar-refractivity contribution in [3.8, 4) is 0 Å². The molecule has 0 aliphatic carbocycles. The van der Waals surface area contributed by atoms with Gasteiger partial charge in [-0.2, -0.15) is 18.2 Å². The lowest BCUT2D eigenvalue weighted by atomic mass is 10.0. The molecule has 1 atom stereocenters. The van der Waals surface area contributed by atoms with Crippen molar-refractivity contribution in [2.24, 2.45) is 11.5 Å². The third-order valence-electron chi connectivity index (χ3n) is 4.64. The van der Waals surface area contributed by atoms with Gasteiger partial charge in [0.15, 0.2) is 0 Å². The normalized spacial score (nSPS) is 12.2. The number of rotatable bonds is 7. The van der Waals surface area contributed by atoms with E-state index in [1.54, 1.807) is 0 Å². The Morgan fingerprint density at radius 2 is 1.70 bits per heavy atom. The first-order valence-electron chi connectivity index (χ1n) is 9.69. The highest BCUT2D eigenvalue weighted by Crippen LogP contribution is 2.31. The first-order valence-corrected chi connectivity index (χ1v) is 9.69. The Morgan fingerprint density at radius 1 is 1.03 bits per heavy atom. The van der Waals surface area contributed by atoms with Gasteiger partial charge in [-0.25, -0.2) is 4.98 Å². The van der Waals surface area contributed by atoms with Crippen LogP contribution in [0.5, 0.6) is 0 Å². The summed E-state index contributed by atoms with van der Waals surface area (Å²) in [5.41, 5.74) is 12.4. The fourth-order valence-electron chi connectivity index (χ4n) is 3.25. The summed E-state index contributed by atoms with van der Waals surface area (Å²) in [6.07, 6.45) is -3.45. The third kappa shape index (κ3) is 5.76. The van der Waals surface area contributed by atoms with Crippen molar-refractivity contribution in [3.63, 3.8) is 0 Å². The van der Waals surface area contributed by atoms with Crippen molar-refractivity contribution in [2.75, 3.05) is 10.6 Å². The number of carbonyl (C=O) groups excluding carboxylic acids is 2. The van der Waals surface area contributed by atoms with Gasteiger partial charge in [0, 0.05) is 11.9 Å². The zero-order chi connectivity index (χ0) is 24.3. The Morgan fingerprint density at radius 3 is 2.27 bits per heavy atom. The molecule has 0 spiro atoms. The van der Waals surface area contributed by atoms with Crippen molar-refractivity contribution in [2.45, 2.75) is 26.1 Å². The number of benzene rings is 2. The quantitative estimate of drug-likeness (QED) is 0.427. The van der Waals surface area contributed by atoms with E-state index in [2.05, 4.69) is 20.6 Å². The number of aryl methyl sites for hydroxylation is 2. The predicted octanol–water partition coefficient (Wildman–Crippen LogP) is 3.59. The summed E-state index contributed by atoms with van der Waals surface area (Å²) in [7, 11) is 0. The number of hydrogen-bond donors (Lipinski definition) is 4. The van der Waals surface area contributed by atoms with Crippen LogP contribution in [0.2, 0.25) is 0 Å². The van der Waals surface area contributed by atoms with Crippen LogP contribution in [0.25, 0.3) is 0 Å². The van der Waals surface area contributed by atoms with Gasteiger partial charge in [0.2, 0.25) is 11.9 Å². The van der Waals surface area contributed by atoms with Crippen LogP contribution >= 0.6 is 0 Å². The van der Waals surface area contributed by atoms with Crippen molar-refractivity contribution in [3.05, 3.63) is 76.5 Å². The highest BCUT2D eigenvalue weighted by molar-refractivity contribution is 5.98. The van der Waals surface area contributed by atoms with E-state index in [-0.39, 0.29) is 22.9 Å². The summed E-state index contributed by atoms with van der Waals surface area (Å²) in [5, 5.41) is 5.62. The Hall–Kier alpha value is -4.15. The number of aromatic nitrogens is 2. The fraction of sp³-hybridized carbons (Fsp3) is 0.182. The third-order valence-corrected chi connectivity index (χ3v) is 4.64. The SMILES string of the molecule is Cc1cc(C)cc(Nc2nc(N[C@@H](C(N)=O)c3cccc(C(F)(F)F)c3)ncc2C(N)=O)c1. The zero-order valence-corrected chi connectivity index (χ0v) is 17.7. The summed E-state index contributed by atoms with van der Waals surface area (Å²) in [6, 6.07) is 8.43. The Kier molecular flexibility index (Phi) is 6.52. The minimum absolute atomic E-state index is 0.0191. The molecule has 172 valence electrons. The van der Waals surface area contributed by atoms with E-state index >= 15 is 0 Å². The van der Waals surface area contributed by atoms with Crippen LogP contribution in [0, 0.1) is 13.8 Å². The number of anilines is 3. The van der Waals surface area contributed by atoms with Gasteiger partial charge < -0.3 is 22.1 Å². The molecule has 3 aromatic rings. The van der Waals surface area contributed by atoms with Gasteiger partial charge in [0.1, 0.15) is 17.4 Å². The van der Waals surface area contributed by atoms with E-state index in [4.69, 9.17) is 11.5 Å². The Labute approximate surface area is 187 Å². The molecular formula is C22H21F3N6O2. The molecule has 6 N–H and O–H groups in total. The average molecular weight is 458 g/mol. The van der Waals surface area contributed by atoms with Crippen LogP contribution in [0.4, 0.5) is 30.6 Å². The Balaban J connectivity index is 1.97. The molecule has 8 nitrogen and oxygen atoms in total. The number of nitrogens with zero attached hydrogens (tertiary/aromatic N) is 2. The van der Waals surface area contributed by atoms with E-state index in [9.17, 15) is 22.8 Å². The highest BCUT2D eigenvalue weighted by atomic mass is 19.4. The van der Waals surface area contributed by atoms with Gasteiger partial charge in [0.05, 0.1) is 5.56 Å². The van der Waals surface area contributed by atoms with Crippen molar-refractivity contribution in [1.29, 1.82) is 0 Å². The first kappa shape index (κ1) is 23.5. The summed E-state index contributed by atoms with van der Waals surface area (Å²) in [5.74, 6) is -1.83. The Bertz CT molecular complexity index is 1190. The molecule has 0 unspecified atom stereocenters. The first-order chi connectivity index (χ1) is 15.4. The van der Waals surface area contributed by atoms with Crippen LogP contribution in [0.3, 0.4) is 0 Å². The number of nitrogens with one attached hydrogen (secondary N) is 2. The van der Waals surface area contributed by atoms with E-state index in [0.717, 1.165) is 29.5 Å². The highest BCUT2D eigenvalue weighted by Gasteiger charge is 2.31. The molecule has 11 heteroatoms. The average Bonchev–Trinajstić information content (AvgIpc) is 2.70. The topological polar surface area (TPSA) is 136 Å². The van der Waals surface area contributed by atoms with Gasteiger partial charge in [-0.15, -0.1) is 0 Å². The maximum Gasteiger partial charge on any atom is 0.416 e. The molecule has 0 saturated heterocycles. The summed E-state index contributed by atoms with van der Waals surface area (Å²) >= 11 is 0. The van der Waals surface area contributed by atoms with E-state index in [1.165, 1.54) is 12.1 Å².